The van der Waals surface area contributed by atoms with Crippen LogP contribution in [0.4, 0.5) is 0 Å². The highest BCUT2D eigenvalue weighted by molar-refractivity contribution is 6.08. The first-order valence-electron chi connectivity index (χ1n) is 9.44. The predicted molar refractivity (Wildman–Crippen MR) is 85.6 cm³/mol. The average Bonchev–Trinajstić information content (AvgIpc) is 3.36. The monoisotopic (exact) mass is 362 g/mol. The Kier molecular flexibility index (Phi) is 3.30. The number of ether oxygens (including phenoxy) is 1. The van der Waals surface area contributed by atoms with E-state index >= 15 is 0 Å². The fourth-order valence-electron chi connectivity index (χ4n) is 5.99. The van der Waals surface area contributed by atoms with E-state index in [0.29, 0.717) is 13.0 Å². The molecule has 1 N–H and O–H groups in total. The van der Waals surface area contributed by atoms with Gasteiger partial charge in [-0.15, -0.1) is 0 Å². The van der Waals surface area contributed by atoms with Crippen LogP contribution in [0.5, 0.6) is 0 Å². The number of imide groups is 1. The van der Waals surface area contributed by atoms with Crippen LogP contribution >= 0.6 is 0 Å². The van der Waals surface area contributed by atoms with Gasteiger partial charge in [-0.2, -0.15) is 0 Å². The first-order valence-corrected chi connectivity index (χ1v) is 9.44. The van der Waals surface area contributed by atoms with Crippen LogP contribution < -0.4 is 0 Å². The van der Waals surface area contributed by atoms with Gasteiger partial charge < -0.3 is 14.7 Å². The summed E-state index contributed by atoms with van der Waals surface area (Å²) in [5, 5.41) is 9.65. The van der Waals surface area contributed by atoms with Gasteiger partial charge in [0, 0.05) is 13.1 Å². The van der Waals surface area contributed by atoms with Gasteiger partial charge in [0.15, 0.2) is 0 Å². The Labute approximate surface area is 150 Å². The van der Waals surface area contributed by atoms with Crippen LogP contribution in [0.25, 0.3) is 0 Å². The molecule has 4 saturated heterocycles. The normalized spacial score (nSPS) is 43.3. The van der Waals surface area contributed by atoms with Crippen LogP contribution in [0.1, 0.15) is 32.1 Å². The topological polar surface area (TPSA) is 104 Å². The molecule has 4 unspecified atom stereocenters. The van der Waals surface area contributed by atoms with Crippen LogP contribution in [0, 0.1) is 23.2 Å². The van der Waals surface area contributed by atoms with Crippen LogP contribution in [0.15, 0.2) is 0 Å². The Balaban J connectivity index is 1.30. The molecule has 0 aromatic carbocycles. The lowest BCUT2D eigenvalue weighted by molar-refractivity contribution is -0.151. The summed E-state index contributed by atoms with van der Waals surface area (Å²) >= 11 is 0. The molecule has 0 aromatic rings. The lowest BCUT2D eigenvalue weighted by Gasteiger charge is -2.24. The number of carbonyl (C=O) groups excluding carboxylic acids is 3. The predicted octanol–water partition coefficient (Wildman–Crippen LogP) is -0.138. The Morgan fingerprint density at radius 2 is 1.77 bits per heavy atom. The summed E-state index contributed by atoms with van der Waals surface area (Å²) in [4.78, 5) is 52.5. The highest BCUT2D eigenvalue weighted by Crippen LogP contribution is 2.50. The smallest absolute Gasteiger partial charge is 0.311 e. The molecule has 1 aliphatic carbocycles. The van der Waals surface area contributed by atoms with Gasteiger partial charge in [-0.25, -0.2) is 0 Å². The van der Waals surface area contributed by atoms with Crippen molar-refractivity contribution in [3.63, 3.8) is 0 Å². The van der Waals surface area contributed by atoms with Crippen LogP contribution in [-0.4, -0.2) is 70.4 Å². The Morgan fingerprint density at radius 1 is 1.12 bits per heavy atom. The highest BCUT2D eigenvalue weighted by Gasteiger charge is 2.63. The fraction of sp³-hybridized carbons (Fsp3) is 0.778. The van der Waals surface area contributed by atoms with E-state index < -0.39 is 23.2 Å². The van der Waals surface area contributed by atoms with Gasteiger partial charge in [-0.3, -0.25) is 24.1 Å². The third-order valence-corrected chi connectivity index (χ3v) is 7.32. The number of hydrogen-bond donors (Lipinski definition) is 1. The van der Waals surface area contributed by atoms with Gasteiger partial charge in [0.2, 0.25) is 17.7 Å². The molecule has 8 heteroatoms. The van der Waals surface area contributed by atoms with E-state index in [-0.39, 0.29) is 48.9 Å². The van der Waals surface area contributed by atoms with Crippen molar-refractivity contribution in [2.24, 2.45) is 23.2 Å². The molecule has 5 aliphatic rings. The molecule has 4 heterocycles. The number of nitrogens with zero attached hydrogens (tertiary/aromatic N) is 2. The second-order valence-electron chi connectivity index (χ2n) is 8.43. The van der Waals surface area contributed by atoms with Gasteiger partial charge in [0.05, 0.1) is 29.5 Å². The number of carbonyl (C=O) groups is 4. The third kappa shape index (κ3) is 1.93. The van der Waals surface area contributed by atoms with E-state index in [1.807, 2.05) is 0 Å². The van der Waals surface area contributed by atoms with E-state index in [1.165, 1.54) is 4.90 Å². The standard InChI is InChI=1S/C18H22N2O6/c21-12(19-6-9-2-1-5-18(9,8-19)17(24)25)7-20-15(22)13-10-3-4-11(26-10)14(13)16(20)23/h9-11,13-14H,1-8H2,(H,24,25)/t9-,10?,11?,13?,14?,18+/m0/s1. The molecule has 140 valence electrons. The minimum atomic E-state index is -0.849. The summed E-state index contributed by atoms with van der Waals surface area (Å²) in [5.41, 5.74) is -0.849. The summed E-state index contributed by atoms with van der Waals surface area (Å²) in [5.74, 6) is -2.66. The molecule has 5 rings (SSSR count). The van der Waals surface area contributed by atoms with E-state index in [1.54, 1.807) is 0 Å². The minimum Gasteiger partial charge on any atom is -0.481 e. The Hall–Kier alpha value is -1.96. The summed E-state index contributed by atoms with van der Waals surface area (Å²) in [6, 6.07) is 0. The molecule has 5 fully saturated rings. The first-order chi connectivity index (χ1) is 12.4. The molecule has 26 heavy (non-hydrogen) atoms. The fourth-order valence-corrected chi connectivity index (χ4v) is 5.99. The number of rotatable bonds is 3. The SMILES string of the molecule is O=C(CN1C(=O)C2C3CCC(O3)C2C1=O)N1C[C@@H]2CCC[C@@]2(C(=O)O)C1. The number of likely N-dealkylation sites (tertiary alicyclic amines) is 2. The summed E-state index contributed by atoms with van der Waals surface area (Å²) in [6.07, 6.45) is 3.47. The molecule has 6 atom stereocenters. The molecule has 4 aliphatic heterocycles. The van der Waals surface area contributed by atoms with Gasteiger partial charge in [0.25, 0.3) is 0 Å². The molecule has 1 saturated carbocycles. The van der Waals surface area contributed by atoms with Gasteiger partial charge in [-0.05, 0) is 31.6 Å². The maximum absolute atomic E-state index is 12.7. The zero-order valence-electron chi connectivity index (χ0n) is 14.4. The molecular weight excluding hydrogens is 340 g/mol. The summed E-state index contributed by atoms with van der Waals surface area (Å²) < 4.78 is 5.69. The molecule has 3 amide bonds. The van der Waals surface area contributed by atoms with Crippen molar-refractivity contribution < 1.29 is 29.0 Å². The van der Waals surface area contributed by atoms with Crippen molar-refractivity contribution in [3.8, 4) is 0 Å². The average molecular weight is 362 g/mol. The molecule has 0 radical (unpaired) electrons. The van der Waals surface area contributed by atoms with Crippen LogP contribution in [-0.2, 0) is 23.9 Å². The lowest BCUT2D eigenvalue weighted by atomic mass is 9.81. The van der Waals surface area contributed by atoms with Crippen molar-refractivity contribution in [1.29, 1.82) is 0 Å². The number of fused-ring (bicyclic) bond motifs is 6. The molecule has 0 spiro atoms. The van der Waals surface area contributed by atoms with E-state index in [9.17, 15) is 24.3 Å². The van der Waals surface area contributed by atoms with Crippen molar-refractivity contribution >= 4 is 23.7 Å². The molecule has 0 aromatic heterocycles. The maximum Gasteiger partial charge on any atom is 0.311 e. The number of hydrogen-bond acceptors (Lipinski definition) is 5. The third-order valence-electron chi connectivity index (χ3n) is 7.32. The van der Waals surface area contributed by atoms with Crippen molar-refractivity contribution in [2.45, 2.75) is 44.3 Å². The van der Waals surface area contributed by atoms with Crippen molar-refractivity contribution in [3.05, 3.63) is 0 Å². The van der Waals surface area contributed by atoms with E-state index in [0.717, 1.165) is 30.6 Å². The number of amides is 3. The zero-order chi connectivity index (χ0) is 18.2. The molecule has 8 nitrogen and oxygen atoms in total. The Bertz CT molecular complexity index is 694. The highest BCUT2D eigenvalue weighted by atomic mass is 16.5. The number of carboxylic acids is 1. The largest absolute Gasteiger partial charge is 0.481 e. The van der Waals surface area contributed by atoms with E-state index in [4.69, 9.17) is 4.74 Å². The minimum absolute atomic E-state index is 0.0300. The van der Waals surface area contributed by atoms with Crippen molar-refractivity contribution in [2.75, 3.05) is 19.6 Å². The second-order valence-corrected chi connectivity index (χ2v) is 8.43. The molecule has 2 bridgehead atoms. The first kappa shape index (κ1) is 16.2. The quantitative estimate of drug-likeness (QED) is 0.701. The lowest BCUT2D eigenvalue weighted by Crippen LogP contribution is -2.44. The van der Waals surface area contributed by atoms with Crippen LogP contribution in [0.2, 0.25) is 0 Å². The van der Waals surface area contributed by atoms with Gasteiger partial charge in [-0.1, -0.05) is 6.42 Å². The number of aliphatic carboxylic acids is 1. The Morgan fingerprint density at radius 3 is 2.35 bits per heavy atom. The summed E-state index contributed by atoms with van der Waals surface area (Å²) in [6.45, 7) is 0.318. The van der Waals surface area contributed by atoms with Gasteiger partial charge >= 0.3 is 5.97 Å². The van der Waals surface area contributed by atoms with Crippen molar-refractivity contribution in [1.82, 2.24) is 9.80 Å². The maximum atomic E-state index is 12.7. The second kappa shape index (κ2) is 5.28. The van der Waals surface area contributed by atoms with Crippen LogP contribution in [0.3, 0.4) is 0 Å². The van der Waals surface area contributed by atoms with E-state index in [2.05, 4.69) is 0 Å². The zero-order valence-corrected chi connectivity index (χ0v) is 14.4. The summed E-state index contributed by atoms with van der Waals surface area (Å²) in [7, 11) is 0. The van der Waals surface area contributed by atoms with Gasteiger partial charge in [0.1, 0.15) is 6.54 Å². The molecular formula is C18H22N2O6. The number of carboxylic acid groups (broad SMARTS) is 1.